The minimum absolute atomic E-state index is 0.210. The molecule has 0 aliphatic carbocycles. The number of nitrogens with zero attached hydrogens (tertiary/aromatic N) is 1. The number of hydrogen-bond donors (Lipinski definition) is 0. The Labute approximate surface area is 139 Å². The van der Waals surface area contributed by atoms with Crippen LogP contribution >= 0.6 is 11.8 Å². The number of esters is 1. The van der Waals surface area contributed by atoms with E-state index < -0.39 is 12.1 Å². The fraction of sp³-hybridized carbons (Fsp3) is 0.167. The molecule has 116 valence electrons. The normalized spacial score (nSPS) is 11.3. The Morgan fingerprint density at radius 2 is 1.70 bits per heavy atom. The molecule has 2 rings (SSSR count). The highest BCUT2D eigenvalue weighted by Gasteiger charge is 2.19. The number of Topliss-reactive ketones (excluding diaryl/α,β-unsaturated/α-hetero) is 1. The van der Waals surface area contributed by atoms with Gasteiger partial charge in [-0.25, -0.2) is 4.79 Å². The van der Waals surface area contributed by atoms with Gasteiger partial charge in [-0.2, -0.15) is 5.26 Å². The van der Waals surface area contributed by atoms with Crippen molar-refractivity contribution in [3.63, 3.8) is 0 Å². The van der Waals surface area contributed by atoms with Gasteiger partial charge >= 0.3 is 5.97 Å². The van der Waals surface area contributed by atoms with E-state index >= 15 is 0 Å². The second-order valence-corrected chi connectivity index (χ2v) is 5.95. The van der Waals surface area contributed by atoms with Crippen LogP contribution in [-0.4, -0.2) is 17.9 Å². The topological polar surface area (TPSA) is 67.2 Å². The van der Waals surface area contributed by atoms with Crippen molar-refractivity contribution in [1.82, 2.24) is 0 Å². The summed E-state index contributed by atoms with van der Waals surface area (Å²) >= 11 is 1.32. The Bertz CT molecular complexity index is 780. The molecule has 4 nitrogen and oxygen atoms in total. The second-order valence-electron chi connectivity index (χ2n) is 4.86. The standard InChI is InChI=1S/C18H15NO3S/c1-12(20)13(2)22-18(21)15-8-4-6-10-17(15)23-16-9-5-3-7-14(16)11-19/h3-10,13H,1-2H3/t13-/m0/s1. The van der Waals surface area contributed by atoms with Crippen LogP contribution in [0.5, 0.6) is 0 Å². The number of rotatable bonds is 5. The summed E-state index contributed by atoms with van der Waals surface area (Å²) in [6.45, 7) is 2.92. The number of ether oxygens (including phenoxy) is 1. The van der Waals surface area contributed by atoms with Gasteiger partial charge in [-0.15, -0.1) is 0 Å². The van der Waals surface area contributed by atoms with Gasteiger partial charge in [0, 0.05) is 9.79 Å². The van der Waals surface area contributed by atoms with Crippen molar-refractivity contribution in [3.05, 3.63) is 59.7 Å². The minimum Gasteiger partial charge on any atom is -0.451 e. The van der Waals surface area contributed by atoms with E-state index in [0.29, 0.717) is 16.0 Å². The molecule has 0 spiro atoms. The first-order valence-corrected chi connectivity index (χ1v) is 7.82. The third-order valence-electron chi connectivity index (χ3n) is 3.19. The Balaban J connectivity index is 2.29. The molecule has 0 bridgehead atoms. The number of ketones is 1. The summed E-state index contributed by atoms with van der Waals surface area (Å²) in [6, 6.07) is 16.3. The molecule has 0 radical (unpaired) electrons. The van der Waals surface area contributed by atoms with Crippen LogP contribution in [0.15, 0.2) is 58.3 Å². The first-order chi connectivity index (χ1) is 11.0. The molecule has 2 aromatic carbocycles. The van der Waals surface area contributed by atoms with Crippen molar-refractivity contribution in [2.75, 3.05) is 0 Å². The quantitative estimate of drug-likeness (QED) is 0.781. The van der Waals surface area contributed by atoms with E-state index in [1.165, 1.54) is 18.7 Å². The molecule has 23 heavy (non-hydrogen) atoms. The van der Waals surface area contributed by atoms with Gasteiger partial charge in [0.05, 0.1) is 11.1 Å². The number of carbonyl (C=O) groups excluding carboxylic acids is 2. The molecule has 0 amide bonds. The molecular formula is C18H15NO3S. The van der Waals surface area contributed by atoms with Crippen molar-refractivity contribution < 1.29 is 14.3 Å². The van der Waals surface area contributed by atoms with E-state index in [-0.39, 0.29) is 5.78 Å². The van der Waals surface area contributed by atoms with Crippen LogP contribution < -0.4 is 0 Å². The summed E-state index contributed by atoms with van der Waals surface area (Å²) in [5.74, 6) is -0.761. The van der Waals surface area contributed by atoms with Gasteiger partial charge in [0.2, 0.25) is 0 Å². The van der Waals surface area contributed by atoms with Crippen LogP contribution in [0.25, 0.3) is 0 Å². The lowest BCUT2D eigenvalue weighted by atomic mass is 10.2. The minimum atomic E-state index is -0.785. The van der Waals surface area contributed by atoms with Crippen molar-refractivity contribution in [2.24, 2.45) is 0 Å². The number of nitriles is 1. The summed E-state index contributed by atoms with van der Waals surface area (Å²) in [6.07, 6.45) is -0.785. The summed E-state index contributed by atoms with van der Waals surface area (Å²) in [4.78, 5) is 25.0. The number of hydrogen-bond acceptors (Lipinski definition) is 5. The summed E-state index contributed by atoms with van der Waals surface area (Å²) in [5, 5.41) is 9.16. The SMILES string of the molecule is CC(=O)[C@H](C)OC(=O)c1ccccc1Sc1ccccc1C#N. The molecule has 0 fully saturated rings. The second kappa shape index (κ2) is 7.61. The van der Waals surface area contributed by atoms with E-state index in [1.807, 2.05) is 18.2 Å². The molecule has 0 aromatic heterocycles. The largest absolute Gasteiger partial charge is 0.451 e. The monoisotopic (exact) mass is 325 g/mol. The van der Waals surface area contributed by atoms with E-state index in [1.54, 1.807) is 37.3 Å². The fourth-order valence-corrected chi connectivity index (χ4v) is 2.81. The smallest absolute Gasteiger partial charge is 0.339 e. The van der Waals surface area contributed by atoms with Crippen LogP contribution in [0.3, 0.4) is 0 Å². The molecular weight excluding hydrogens is 310 g/mol. The molecule has 2 aromatic rings. The predicted octanol–water partition coefficient (Wildman–Crippen LogP) is 3.84. The van der Waals surface area contributed by atoms with Crippen LogP contribution in [-0.2, 0) is 9.53 Å². The van der Waals surface area contributed by atoms with Gasteiger partial charge < -0.3 is 4.74 Å². The van der Waals surface area contributed by atoms with Gasteiger partial charge in [-0.05, 0) is 38.1 Å². The highest BCUT2D eigenvalue weighted by Crippen LogP contribution is 2.32. The lowest BCUT2D eigenvalue weighted by Crippen LogP contribution is -2.22. The lowest BCUT2D eigenvalue weighted by molar-refractivity contribution is -0.124. The first-order valence-electron chi connectivity index (χ1n) is 7.00. The van der Waals surface area contributed by atoms with E-state index in [4.69, 9.17) is 10.00 Å². The summed E-state index contributed by atoms with van der Waals surface area (Å²) < 4.78 is 5.17. The molecule has 5 heteroatoms. The predicted molar refractivity (Wildman–Crippen MR) is 87.3 cm³/mol. The Morgan fingerprint density at radius 1 is 1.09 bits per heavy atom. The van der Waals surface area contributed by atoms with Crippen molar-refractivity contribution in [1.29, 1.82) is 5.26 Å². The maximum Gasteiger partial charge on any atom is 0.339 e. The fourth-order valence-electron chi connectivity index (χ4n) is 1.80. The zero-order valence-electron chi connectivity index (χ0n) is 12.8. The lowest BCUT2D eigenvalue weighted by Gasteiger charge is -2.13. The van der Waals surface area contributed by atoms with Crippen LogP contribution in [0.4, 0.5) is 0 Å². The molecule has 0 unspecified atom stereocenters. The molecule has 0 aliphatic rings. The molecule has 0 aliphatic heterocycles. The number of carbonyl (C=O) groups is 2. The van der Waals surface area contributed by atoms with Gasteiger partial charge in [0.1, 0.15) is 6.07 Å². The van der Waals surface area contributed by atoms with Crippen molar-refractivity contribution >= 4 is 23.5 Å². The zero-order valence-corrected chi connectivity index (χ0v) is 13.6. The number of benzene rings is 2. The van der Waals surface area contributed by atoms with Gasteiger partial charge in [0.25, 0.3) is 0 Å². The van der Waals surface area contributed by atoms with Gasteiger partial charge in [-0.3, -0.25) is 4.79 Å². The summed E-state index contributed by atoms with van der Waals surface area (Å²) in [7, 11) is 0. The van der Waals surface area contributed by atoms with E-state index in [9.17, 15) is 9.59 Å². The average Bonchev–Trinajstić information content (AvgIpc) is 2.55. The molecule has 0 heterocycles. The molecule has 1 atom stereocenters. The highest BCUT2D eigenvalue weighted by atomic mass is 32.2. The van der Waals surface area contributed by atoms with Gasteiger partial charge in [-0.1, -0.05) is 36.0 Å². The van der Waals surface area contributed by atoms with Crippen LogP contribution in [0.1, 0.15) is 29.8 Å². The Morgan fingerprint density at radius 3 is 2.35 bits per heavy atom. The van der Waals surface area contributed by atoms with Crippen molar-refractivity contribution in [3.8, 4) is 6.07 Å². The summed E-state index contributed by atoms with van der Waals surface area (Å²) in [5.41, 5.74) is 0.913. The maximum absolute atomic E-state index is 12.3. The van der Waals surface area contributed by atoms with Gasteiger partial charge in [0.15, 0.2) is 11.9 Å². The molecule has 0 N–H and O–H groups in total. The van der Waals surface area contributed by atoms with Crippen LogP contribution in [0, 0.1) is 11.3 Å². The Kier molecular flexibility index (Phi) is 5.56. The maximum atomic E-state index is 12.3. The third-order valence-corrected chi connectivity index (χ3v) is 4.34. The van der Waals surface area contributed by atoms with E-state index in [0.717, 1.165) is 4.90 Å². The third kappa shape index (κ3) is 4.21. The average molecular weight is 325 g/mol. The molecule has 0 saturated carbocycles. The first kappa shape index (κ1) is 16.8. The van der Waals surface area contributed by atoms with Crippen LogP contribution in [0.2, 0.25) is 0 Å². The van der Waals surface area contributed by atoms with E-state index in [2.05, 4.69) is 6.07 Å². The van der Waals surface area contributed by atoms with Crippen molar-refractivity contribution in [2.45, 2.75) is 29.7 Å². The zero-order chi connectivity index (χ0) is 16.8. The Hall–Kier alpha value is -2.58. The highest BCUT2D eigenvalue weighted by molar-refractivity contribution is 7.99. The molecule has 0 saturated heterocycles.